The van der Waals surface area contributed by atoms with Crippen LogP contribution in [0.4, 0.5) is 4.79 Å². The molecule has 1 unspecified atom stereocenters. The molecule has 122 valence electrons. The van der Waals surface area contributed by atoms with Gasteiger partial charge in [0.05, 0.1) is 0 Å². The molecule has 0 aromatic heterocycles. The number of hydrogen-bond donors (Lipinski definition) is 1. The number of primary amides is 1. The number of hydrogen-bond acceptors (Lipinski definition) is 7. The largest absolute Gasteiger partial charge is 0.458 e. The summed E-state index contributed by atoms with van der Waals surface area (Å²) in [7, 11) is 0. The van der Waals surface area contributed by atoms with Gasteiger partial charge in [-0.1, -0.05) is 25.3 Å². The first-order valence-electron chi connectivity index (χ1n) is 6.32. The average molecular weight is 321 g/mol. The molecule has 0 saturated carbocycles. The fourth-order valence-electron chi connectivity index (χ4n) is 1.42. The summed E-state index contributed by atoms with van der Waals surface area (Å²) in [6.45, 7) is 6.23. The van der Waals surface area contributed by atoms with Crippen molar-refractivity contribution in [3.8, 4) is 5.75 Å². The lowest BCUT2D eigenvalue weighted by atomic mass is 10.1. The second-order valence-corrected chi connectivity index (χ2v) is 4.02. The van der Waals surface area contributed by atoms with Gasteiger partial charge in [0.15, 0.2) is 11.9 Å². The molecule has 8 nitrogen and oxygen atoms in total. The molecule has 1 atom stereocenters. The van der Waals surface area contributed by atoms with E-state index in [1.54, 1.807) is 0 Å². The van der Waals surface area contributed by atoms with Crippen LogP contribution in [0.3, 0.4) is 0 Å². The Bertz CT molecular complexity index is 594. The zero-order valence-electron chi connectivity index (χ0n) is 12.1. The smallest absolute Gasteiger partial charge is 0.405 e. The lowest BCUT2D eigenvalue weighted by molar-refractivity contribution is -0.207. The Morgan fingerprint density at radius 3 is 2.22 bits per heavy atom. The standard InChI is InChI=1S/C15H15NO7/c1-3-13(17)20-9-12(21-15(16)19)10-5-7-11(8-6-10)22-23-14(18)4-2/h3-8,12H,1-2,9H2,(H2,16,19). The van der Waals surface area contributed by atoms with Crippen LogP contribution in [-0.2, 0) is 24.0 Å². The van der Waals surface area contributed by atoms with Gasteiger partial charge in [0.2, 0.25) is 0 Å². The van der Waals surface area contributed by atoms with Crippen molar-refractivity contribution in [1.82, 2.24) is 0 Å². The second kappa shape index (κ2) is 8.88. The van der Waals surface area contributed by atoms with Crippen molar-refractivity contribution < 1.29 is 33.6 Å². The Morgan fingerprint density at radius 2 is 1.70 bits per heavy atom. The summed E-state index contributed by atoms with van der Waals surface area (Å²) in [6, 6.07) is 5.95. The normalized spacial score (nSPS) is 10.8. The molecule has 1 aromatic carbocycles. The van der Waals surface area contributed by atoms with Crippen molar-refractivity contribution in [2.45, 2.75) is 6.10 Å². The van der Waals surface area contributed by atoms with E-state index in [2.05, 4.69) is 18.0 Å². The van der Waals surface area contributed by atoms with E-state index < -0.39 is 24.1 Å². The third-order valence-electron chi connectivity index (χ3n) is 2.44. The molecule has 8 heteroatoms. The fourth-order valence-corrected chi connectivity index (χ4v) is 1.42. The SMILES string of the molecule is C=CC(=O)OCC(OC(N)=O)c1ccc(OOC(=O)C=C)cc1. The molecule has 2 N–H and O–H groups in total. The van der Waals surface area contributed by atoms with E-state index in [9.17, 15) is 14.4 Å². The lowest BCUT2D eigenvalue weighted by Crippen LogP contribution is -2.21. The van der Waals surface area contributed by atoms with E-state index in [1.165, 1.54) is 24.3 Å². The van der Waals surface area contributed by atoms with Crippen molar-refractivity contribution >= 4 is 18.0 Å². The Balaban J connectivity index is 2.75. The molecule has 1 amide bonds. The van der Waals surface area contributed by atoms with E-state index in [0.29, 0.717) is 5.56 Å². The van der Waals surface area contributed by atoms with Crippen LogP contribution in [0.25, 0.3) is 0 Å². The molecule has 0 aliphatic carbocycles. The number of carbonyl (C=O) groups excluding carboxylic acids is 3. The molecule has 0 heterocycles. The van der Waals surface area contributed by atoms with Crippen LogP contribution in [0.2, 0.25) is 0 Å². The highest BCUT2D eigenvalue weighted by Gasteiger charge is 2.17. The van der Waals surface area contributed by atoms with Crippen LogP contribution in [0, 0.1) is 0 Å². The number of amides is 1. The summed E-state index contributed by atoms with van der Waals surface area (Å²) in [5.74, 6) is -1.19. The highest BCUT2D eigenvalue weighted by molar-refractivity contribution is 5.81. The van der Waals surface area contributed by atoms with Gasteiger partial charge in [0, 0.05) is 12.2 Å². The highest BCUT2D eigenvalue weighted by atomic mass is 17.2. The number of benzene rings is 1. The van der Waals surface area contributed by atoms with Crippen LogP contribution < -0.4 is 10.6 Å². The zero-order chi connectivity index (χ0) is 17.2. The maximum absolute atomic E-state index is 11.1. The minimum Gasteiger partial charge on any atom is -0.458 e. The van der Waals surface area contributed by atoms with Gasteiger partial charge >= 0.3 is 18.0 Å². The molecule has 0 spiro atoms. The van der Waals surface area contributed by atoms with Gasteiger partial charge < -0.3 is 15.2 Å². The van der Waals surface area contributed by atoms with E-state index in [1.807, 2.05) is 0 Å². The summed E-state index contributed by atoms with van der Waals surface area (Å²) < 4.78 is 9.71. The van der Waals surface area contributed by atoms with Crippen LogP contribution in [0.5, 0.6) is 5.75 Å². The maximum atomic E-state index is 11.1. The van der Waals surface area contributed by atoms with Crippen LogP contribution >= 0.6 is 0 Å². The third kappa shape index (κ3) is 6.34. The minimum atomic E-state index is -1.02. The number of ether oxygens (including phenoxy) is 2. The van der Waals surface area contributed by atoms with Crippen LogP contribution in [0.1, 0.15) is 11.7 Å². The summed E-state index contributed by atoms with van der Waals surface area (Å²) in [5.41, 5.74) is 5.47. The second-order valence-electron chi connectivity index (χ2n) is 4.02. The molecule has 0 bridgehead atoms. The predicted molar refractivity (Wildman–Crippen MR) is 77.9 cm³/mol. The van der Waals surface area contributed by atoms with Crippen molar-refractivity contribution in [1.29, 1.82) is 0 Å². The molecule has 0 aliphatic rings. The zero-order valence-corrected chi connectivity index (χ0v) is 12.1. The fraction of sp³-hybridized carbons (Fsp3) is 0.133. The molecule has 0 saturated heterocycles. The lowest BCUT2D eigenvalue weighted by Gasteiger charge is -2.16. The van der Waals surface area contributed by atoms with Crippen LogP contribution in [0.15, 0.2) is 49.6 Å². The number of nitrogens with two attached hydrogens (primary N) is 1. The summed E-state index contributed by atoms with van der Waals surface area (Å²) in [4.78, 5) is 42.0. The van der Waals surface area contributed by atoms with Gasteiger partial charge in [-0.3, -0.25) is 4.89 Å². The predicted octanol–water partition coefficient (Wildman–Crippen LogP) is 1.58. The molecule has 0 aliphatic heterocycles. The first-order valence-corrected chi connectivity index (χ1v) is 6.32. The third-order valence-corrected chi connectivity index (χ3v) is 2.44. The molecule has 23 heavy (non-hydrogen) atoms. The van der Waals surface area contributed by atoms with E-state index in [4.69, 9.17) is 20.1 Å². The van der Waals surface area contributed by atoms with E-state index in [0.717, 1.165) is 12.2 Å². The quantitative estimate of drug-likeness (QED) is 0.334. The average Bonchev–Trinajstić information content (AvgIpc) is 2.56. The van der Waals surface area contributed by atoms with Gasteiger partial charge in [0.25, 0.3) is 0 Å². The molecule has 1 aromatic rings. The van der Waals surface area contributed by atoms with Crippen molar-refractivity contribution in [2.75, 3.05) is 6.61 Å². The Kier molecular flexibility index (Phi) is 6.86. The summed E-state index contributed by atoms with van der Waals surface area (Å²) in [6.07, 6.45) is -0.00304. The van der Waals surface area contributed by atoms with E-state index >= 15 is 0 Å². The van der Waals surface area contributed by atoms with Crippen molar-refractivity contribution in [2.24, 2.45) is 5.73 Å². The monoisotopic (exact) mass is 321 g/mol. The van der Waals surface area contributed by atoms with Crippen molar-refractivity contribution in [3.63, 3.8) is 0 Å². The van der Waals surface area contributed by atoms with Gasteiger partial charge in [-0.15, -0.1) is 0 Å². The Morgan fingerprint density at radius 1 is 1.09 bits per heavy atom. The highest BCUT2D eigenvalue weighted by Crippen LogP contribution is 2.21. The maximum Gasteiger partial charge on any atom is 0.405 e. The minimum absolute atomic E-state index is 0.227. The molecular formula is C15H15NO7. The van der Waals surface area contributed by atoms with Crippen molar-refractivity contribution in [3.05, 3.63) is 55.1 Å². The molecular weight excluding hydrogens is 306 g/mol. The first kappa shape index (κ1) is 17.8. The molecule has 0 fully saturated rings. The number of carbonyl (C=O) groups is 3. The van der Waals surface area contributed by atoms with E-state index in [-0.39, 0.29) is 12.4 Å². The Labute approximate surface area is 132 Å². The first-order chi connectivity index (χ1) is 11.0. The van der Waals surface area contributed by atoms with Gasteiger partial charge in [-0.05, 0) is 17.7 Å². The van der Waals surface area contributed by atoms with Gasteiger partial charge in [-0.2, -0.15) is 0 Å². The topological polar surface area (TPSA) is 114 Å². The Hall–Kier alpha value is -3.29. The molecule has 1 rings (SSSR count). The number of rotatable bonds is 8. The van der Waals surface area contributed by atoms with Gasteiger partial charge in [-0.25, -0.2) is 19.3 Å². The molecule has 0 radical (unpaired) electrons. The van der Waals surface area contributed by atoms with Crippen LogP contribution in [-0.4, -0.2) is 24.6 Å². The van der Waals surface area contributed by atoms with Gasteiger partial charge in [0.1, 0.15) is 6.61 Å². The summed E-state index contributed by atoms with van der Waals surface area (Å²) >= 11 is 0. The number of esters is 1. The summed E-state index contributed by atoms with van der Waals surface area (Å²) in [5, 5.41) is 0.